The van der Waals surface area contributed by atoms with Crippen LogP contribution in [0, 0.1) is 5.92 Å². The largest absolute Gasteiger partial charge is 0.394 e. The summed E-state index contributed by atoms with van der Waals surface area (Å²) in [6, 6.07) is -1.49. The van der Waals surface area contributed by atoms with Gasteiger partial charge in [0.2, 0.25) is 5.91 Å². The minimum atomic E-state index is -1.01. The van der Waals surface area contributed by atoms with E-state index in [2.05, 4.69) is 10.6 Å². The van der Waals surface area contributed by atoms with Crippen molar-refractivity contribution in [1.82, 2.24) is 10.6 Å². The van der Waals surface area contributed by atoms with Gasteiger partial charge in [0.15, 0.2) is 0 Å². The molecule has 100 valence electrons. The molecular weight excluding hydrogens is 226 g/mol. The van der Waals surface area contributed by atoms with Crippen molar-refractivity contribution in [2.45, 2.75) is 32.4 Å². The monoisotopic (exact) mass is 247 g/mol. The zero-order chi connectivity index (χ0) is 13.4. The van der Waals surface area contributed by atoms with E-state index in [0.717, 1.165) is 0 Å². The van der Waals surface area contributed by atoms with Crippen molar-refractivity contribution < 1.29 is 19.8 Å². The molecule has 7 nitrogen and oxygen atoms in total. The highest BCUT2D eigenvalue weighted by atomic mass is 16.3. The summed E-state index contributed by atoms with van der Waals surface area (Å²) in [5, 5.41) is 22.4. The van der Waals surface area contributed by atoms with E-state index in [1.54, 1.807) is 0 Å². The van der Waals surface area contributed by atoms with Gasteiger partial charge >= 0.3 is 6.03 Å². The smallest absolute Gasteiger partial charge is 0.312 e. The molecule has 7 heteroatoms. The van der Waals surface area contributed by atoms with Crippen molar-refractivity contribution in [3.05, 3.63) is 0 Å². The highest BCUT2D eigenvalue weighted by Crippen LogP contribution is 2.04. The first-order valence-corrected chi connectivity index (χ1v) is 5.49. The summed E-state index contributed by atoms with van der Waals surface area (Å²) < 4.78 is 0. The molecular formula is C10H21N3O4. The Morgan fingerprint density at radius 2 is 1.94 bits per heavy atom. The van der Waals surface area contributed by atoms with E-state index in [9.17, 15) is 9.59 Å². The van der Waals surface area contributed by atoms with Crippen LogP contribution in [0.15, 0.2) is 0 Å². The lowest BCUT2D eigenvalue weighted by Gasteiger charge is -2.19. The fourth-order valence-corrected chi connectivity index (χ4v) is 1.28. The molecule has 0 saturated carbocycles. The third kappa shape index (κ3) is 7.53. The third-order valence-corrected chi connectivity index (χ3v) is 2.06. The maximum absolute atomic E-state index is 11.7. The van der Waals surface area contributed by atoms with Gasteiger partial charge in [-0.2, -0.15) is 0 Å². The molecule has 0 aliphatic carbocycles. The summed E-state index contributed by atoms with van der Waals surface area (Å²) in [7, 11) is 0. The molecule has 0 aliphatic heterocycles. The second-order valence-corrected chi connectivity index (χ2v) is 4.27. The highest BCUT2D eigenvalue weighted by Gasteiger charge is 2.21. The van der Waals surface area contributed by atoms with Gasteiger partial charge in [0.25, 0.3) is 0 Å². The van der Waals surface area contributed by atoms with Crippen LogP contribution >= 0.6 is 0 Å². The first kappa shape index (κ1) is 15.7. The van der Waals surface area contributed by atoms with Gasteiger partial charge in [-0.25, -0.2) is 4.79 Å². The average Bonchev–Trinajstić information content (AvgIpc) is 2.23. The average molecular weight is 247 g/mol. The van der Waals surface area contributed by atoms with Gasteiger partial charge in [0.05, 0.1) is 12.7 Å². The van der Waals surface area contributed by atoms with Crippen LogP contribution in [0.3, 0.4) is 0 Å². The first-order chi connectivity index (χ1) is 7.86. The number of aliphatic hydroxyl groups excluding tert-OH is 2. The molecule has 0 aromatic carbocycles. The number of hydrogen-bond acceptors (Lipinski definition) is 4. The zero-order valence-electron chi connectivity index (χ0n) is 10.1. The summed E-state index contributed by atoms with van der Waals surface area (Å²) in [5.41, 5.74) is 4.97. The number of rotatable bonds is 7. The molecule has 0 heterocycles. The summed E-state index contributed by atoms with van der Waals surface area (Å²) in [6.07, 6.45) is -0.559. The summed E-state index contributed by atoms with van der Waals surface area (Å²) in [4.78, 5) is 22.4. The predicted octanol–water partition coefficient (Wildman–Crippen LogP) is -1.46. The Balaban J connectivity index is 4.26. The minimum Gasteiger partial charge on any atom is -0.394 e. The van der Waals surface area contributed by atoms with E-state index in [-0.39, 0.29) is 12.5 Å². The Labute approximate surface area is 100 Å². The highest BCUT2D eigenvalue weighted by molar-refractivity contribution is 5.86. The molecule has 0 aromatic rings. The molecule has 17 heavy (non-hydrogen) atoms. The number of primary amides is 1. The number of aliphatic hydroxyl groups is 2. The Hall–Kier alpha value is -1.34. The van der Waals surface area contributed by atoms with Gasteiger partial charge in [-0.1, -0.05) is 13.8 Å². The second-order valence-electron chi connectivity index (χ2n) is 4.27. The molecule has 0 saturated heterocycles. The van der Waals surface area contributed by atoms with Crippen LogP contribution in [0.4, 0.5) is 4.79 Å². The fraction of sp³-hybridized carbons (Fsp3) is 0.800. The lowest BCUT2D eigenvalue weighted by molar-refractivity contribution is -0.123. The van der Waals surface area contributed by atoms with Gasteiger partial charge < -0.3 is 26.6 Å². The van der Waals surface area contributed by atoms with Crippen molar-refractivity contribution in [2.75, 3.05) is 13.2 Å². The topological polar surface area (TPSA) is 125 Å². The molecule has 0 rings (SSSR count). The van der Waals surface area contributed by atoms with Crippen molar-refractivity contribution in [2.24, 2.45) is 11.7 Å². The summed E-state index contributed by atoms with van der Waals surface area (Å²) in [6.45, 7) is 3.32. The van der Waals surface area contributed by atoms with E-state index < -0.39 is 30.7 Å². The summed E-state index contributed by atoms with van der Waals surface area (Å²) in [5.74, 6) is -0.217. The van der Waals surface area contributed by atoms with Gasteiger partial charge in [0, 0.05) is 6.54 Å². The first-order valence-electron chi connectivity index (χ1n) is 5.49. The van der Waals surface area contributed by atoms with Gasteiger partial charge in [-0.15, -0.1) is 0 Å². The molecule has 2 atom stereocenters. The van der Waals surface area contributed by atoms with Crippen molar-refractivity contribution in [3.8, 4) is 0 Å². The molecule has 0 spiro atoms. The lowest BCUT2D eigenvalue weighted by atomic mass is 10.0. The normalized spacial score (nSPS) is 14.2. The fourth-order valence-electron chi connectivity index (χ4n) is 1.28. The van der Waals surface area contributed by atoms with Gasteiger partial charge in [-0.3, -0.25) is 4.79 Å². The van der Waals surface area contributed by atoms with Crippen LogP contribution in [-0.4, -0.2) is 47.4 Å². The Bertz CT molecular complexity index is 258. The number of amides is 3. The number of hydrogen-bond donors (Lipinski definition) is 5. The van der Waals surface area contributed by atoms with Crippen LogP contribution in [0.25, 0.3) is 0 Å². The molecule has 0 bridgehead atoms. The number of nitrogens with two attached hydrogens (primary N) is 1. The van der Waals surface area contributed by atoms with E-state index in [4.69, 9.17) is 15.9 Å². The number of carbonyl (C=O) groups is 2. The maximum Gasteiger partial charge on any atom is 0.312 e. The van der Waals surface area contributed by atoms with Crippen LogP contribution in [0.1, 0.15) is 20.3 Å². The van der Waals surface area contributed by atoms with Crippen LogP contribution in [-0.2, 0) is 4.79 Å². The van der Waals surface area contributed by atoms with E-state index >= 15 is 0 Å². The SMILES string of the molecule is CC(C)CC(NC(N)=O)C(=O)NCC(O)CO. The quantitative estimate of drug-likeness (QED) is 0.377. The maximum atomic E-state index is 11.7. The van der Waals surface area contributed by atoms with Crippen molar-refractivity contribution >= 4 is 11.9 Å². The van der Waals surface area contributed by atoms with Crippen LogP contribution < -0.4 is 16.4 Å². The van der Waals surface area contributed by atoms with Gasteiger partial charge in [0.1, 0.15) is 6.04 Å². The van der Waals surface area contributed by atoms with Gasteiger partial charge in [-0.05, 0) is 12.3 Å². The van der Waals surface area contributed by atoms with Crippen molar-refractivity contribution in [1.29, 1.82) is 0 Å². The molecule has 6 N–H and O–H groups in total. The molecule has 0 fully saturated rings. The zero-order valence-corrected chi connectivity index (χ0v) is 10.1. The van der Waals surface area contributed by atoms with Crippen molar-refractivity contribution in [3.63, 3.8) is 0 Å². The Kier molecular flexibility index (Phi) is 7.24. The lowest BCUT2D eigenvalue weighted by Crippen LogP contribution is -2.50. The van der Waals surface area contributed by atoms with E-state index in [1.807, 2.05) is 13.8 Å². The summed E-state index contributed by atoms with van der Waals surface area (Å²) >= 11 is 0. The third-order valence-electron chi connectivity index (χ3n) is 2.06. The second kappa shape index (κ2) is 7.86. The standard InChI is InChI=1S/C10H21N3O4/c1-6(2)3-8(13-10(11)17)9(16)12-4-7(15)5-14/h6-8,14-15H,3-5H2,1-2H3,(H,12,16)(H3,11,13,17). The Morgan fingerprint density at radius 1 is 1.35 bits per heavy atom. The Morgan fingerprint density at radius 3 is 2.35 bits per heavy atom. The van der Waals surface area contributed by atoms with Crippen LogP contribution in [0.2, 0.25) is 0 Å². The number of nitrogens with one attached hydrogen (secondary N) is 2. The molecule has 0 aliphatic rings. The predicted molar refractivity (Wildman–Crippen MR) is 62.1 cm³/mol. The molecule has 2 unspecified atom stereocenters. The molecule has 3 amide bonds. The number of urea groups is 1. The van der Waals surface area contributed by atoms with E-state index in [0.29, 0.717) is 6.42 Å². The molecule has 0 aromatic heterocycles. The van der Waals surface area contributed by atoms with E-state index in [1.165, 1.54) is 0 Å². The van der Waals surface area contributed by atoms with Crippen LogP contribution in [0.5, 0.6) is 0 Å². The number of carbonyl (C=O) groups excluding carboxylic acids is 2. The molecule has 0 radical (unpaired) electrons. The minimum absolute atomic E-state index is 0.0651.